The van der Waals surface area contributed by atoms with Crippen molar-refractivity contribution >= 4 is 0 Å². The van der Waals surface area contributed by atoms with Gasteiger partial charge < -0.3 is 15.0 Å². The summed E-state index contributed by atoms with van der Waals surface area (Å²) in [6.45, 7) is 6.89. The average molecular weight is 214 g/mol. The van der Waals surface area contributed by atoms with Gasteiger partial charge in [0.15, 0.2) is 0 Å². The molecule has 1 heterocycles. The first-order chi connectivity index (χ1) is 7.27. The van der Waals surface area contributed by atoms with Crippen molar-refractivity contribution in [1.82, 2.24) is 10.2 Å². The van der Waals surface area contributed by atoms with Crippen LogP contribution in [-0.4, -0.2) is 51.3 Å². The van der Waals surface area contributed by atoms with Gasteiger partial charge in [-0.2, -0.15) is 0 Å². The van der Waals surface area contributed by atoms with Gasteiger partial charge in [0, 0.05) is 26.3 Å². The zero-order valence-corrected chi connectivity index (χ0v) is 10.5. The molecule has 0 saturated carbocycles. The minimum absolute atomic E-state index is 0.671. The van der Waals surface area contributed by atoms with Gasteiger partial charge in [-0.25, -0.2) is 0 Å². The molecule has 1 aliphatic rings. The molecule has 0 spiro atoms. The topological polar surface area (TPSA) is 24.5 Å². The van der Waals surface area contributed by atoms with Crippen LogP contribution < -0.4 is 5.32 Å². The number of nitrogens with one attached hydrogen (secondary N) is 1. The number of rotatable bonds is 6. The van der Waals surface area contributed by atoms with Gasteiger partial charge in [-0.3, -0.25) is 0 Å². The van der Waals surface area contributed by atoms with Crippen LogP contribution in [-0.2, 0) is 4.74 Å². The highest BCUT2D eigenvalue weighted by molar-refractivity contribution is 4.77. The molecule has 1 aliphatic heterocycles. The molecule has 1 fully saturated rings. The number of hydrogen-bond acceptors (Lipinski definition) is 3. The van der Waals surface area contributed by atoms with Crippen molar-refractivity contribution < 1.29 is 4.74 Å². The zero-order valence-electron chi connectivity index (χ0n) is 10.5. The van der Waals surface area contributed by atoms with Crippen molar-refractivity contribution in [2.24, 2.45) is 5.92 Å². The molecule has 0 radical (unpaired) electrons. The van der Waals surface area contributed by atoms with E-state index in [1.165, 1.54) is 25.9 Å². The van der Waals surface area contributed by atoms with Gasteiger partial charge in [-0.1, -0.05) is 0 Å². The maximum absolute atomic E-state index is 5.14. The van der Waals surface area contributed by atoms with Crippen LogP contribution in [0, 0.1) is 5.92 Å². The Morgan fingerprint density at radius 2 is 2.33 bits per heavy atom. The summed E-state index contributed by atoms with van der Waals surface area (Å²) < 4.78 is 5.14. The number of ether oxygens (including phenoxy) is 1. The first-order valence-electron chi connectivity index (χ1n) is 6.15. The van der Waals surface area contributed by atoms with Gasteiger partial charge in [-0.15, -0.1) is 0 Å². The molecule has 2 unspecified atom stereocenters. The quantitative estimate of drug-likeness (QED) is 0.722. The molecule has 0 aromatic carbocycles. The number of likely N-dealkylation sites (tertiary alicyclic amines) is 1. The number of hydrogen-bond donors (Lipinski definition) is 1. The summed E-state index contributed by atoms with van der Waals surface area (Å²) in [6.07, 6.45) is 3.89. The second-order valence-corrected chi connectivity index (χ2v) is 4.69. The molecule has 3 heteroatoms. The van der Waals surface area contributed by atoms with Crippen LogP contribution in [0.5, 0.6) is 0 Å². The number of piperidine rings is 1. The minimum atomic E-state index is 0.671. The molecule has 90 valence electrons. The molecule has 2 atom stereocenters. The fourth-order valence-electron chi connectivity index (χ4n) is 2.42. The average Bonchev–Trinajstić information content (AvgIpc) is 2.27. The summed E-state index contributed by atoms with van der Waals surface area (Å²) in [5.74, 6) is 0.841. The first kappa shape index (κ1) is 12.9. The number of methoxy groups -OCH3 is 1. The van der Waals surface area contributed by atoms with Crippen molar-refractivity contribution in [2.75, 3.05) is 40.4 Å². The van der Waals surface area contributed by atoms with Crippen LogP contribution in [0.4, 0.5) is 0 Å². The van der Waals surface area contributed by atoms with E-state index in [4.69, 9.17) is 4.74 Å². The highest BCUT2D eigenvalue weighted by atomic mass is 16.5. The largest absolute Gasteiger partial charge is 0.385 e. The molecule has 0 aromatic heterocycles. The molecule has 1 rings (SSSR count). The summed E-state index contributed by atoms with van der Waals surface area (Å²) in [5, 5.41) is 3.29. The first-order valence-corrected chi connectivity index (χ1v) is 6.15. The molecule has 1 saturated heterocycles. The van der Waals surface area contributed by atoms with Crippen LogP contribution >= 0.6 is 0 Å². The normalized spacial score (nSPS) is 25.4. The van der Waals surface area contributed by atoms with Crippen LogP contribution in [0.25, 0.3) is 0 Å². The van der Waals surface area contributed by atoms with Crippen molar-refractivity contribution in [1.29, 1.82) is 0 Å². The van der Waals surface area contributed by atoms with E-state index in [0.29, 0.717) is 6.04 Å². The lowest BCUT2D eigenvalue weighted by atomic mass is 9.96. The Morgan fingerprint density at radius 1 is 1.53 bits per heavy atom. The van der Waals surface area contributed by atoms with Crippen LogP contribution in [0.15, 0.2) is 0 Å². The monoisotopic (exact) mass is 214 g/mol. The Morgan fingerprint density at radius 3 is 3.00 bits per heavy atom. The third-order valence-electron chi connectivity index (χ3n) is 3.41. The Bertz CT molecular complexity index is 162. The molecule has 0 aliphatic carbocycles. The Labute approximate surface area is 94.2 Å². The minimum Gasteiger partial charge on any atom is -0.385 e. The van der Waals surface area contributed by atoms with Crippen LogP contribution in [0.3, 0.4) is 0 Å². The maximum Gasteiger partial charge on any atom is 0.0477 e. The third-order valence-corrected chi connectivity index (χ3v) is 3.41. The van der Waals surface area contributed by atoms with E-state index >= 15 is 0 Å². The highest BCUT2D eigenvalue weighted by Crippen LogP contribution is 2.18. The van der Waals surface area contributed by atoms with Crippen LogP contribution in [0.2, 0.25) is 0 Å². The molecule has 0 bridgehead atoms. The Balaban J connectivity index is 2.27. The smallest absolute Gasteiger partial charge is 0.0477 e. The lowest BCUT2D eigenvalue weighted by Gasteiger charge is -2.36. The second-order valence-electron chi connectivity index (χ2n) is 4.69. The van der Waals surface area contributed by atoms with E-state index in [0.717, 1.165) is 25.5 Å². The molecule has 1 N–H and O–H groups in total. The molecular weight excluding hydrogens is 188 g/mol. The van der Waals surface area contributed by atoms with Gasteiger partial charge in [0.25, 0.3) is 0 Å². The fourth-order valence-corrected chi connectivity index (χ4v) is 2.42. The molecular formula is C12H26N2O. The standard InChI is InChI=1S/C12H26N2O/c1-11(6-8-15-3)14-7-4-5-12(10-14)9-13-2/h11-13H,4-10H2,1-3H3. The molecule has 0 aromatic rings. The summed E-state index contributed by atoms with van der Waals surface area (Å²) >= 11 is 0. The SMILES string of the molecule is CNCC1CCCN(C(C)CCOC)C1. The lowest BCUT2D eigenvalue weighted by Crippen LogP contribution is -2.44. The summed E-state index contributed by atoms with van der Waals surface area (Å²) in [7, 11) is 3.83. The van der Waals surface area contributed by atoms with Crippen molar-refractivity contribution in [3.05, 3.63) is 0 Å². The Kier molecular flexibility index (Phi) is 6.22. The van der Waals surface area contributed by atoms with E-state index in [1.807, 2.05) is 7.05 Å². The predicted octanol–water partition coefficient (Wildman–Crippen LogP) is 1.34. The van der Waals surface area contributed by atoms with Crippen molar-refractivity contribution in [2.45, 2.75) is 32.2 Å². The third kappa shape index (κ3) is 4.49. The van der Waals surface area contributed by atoms with E-state index in [1.54, 1.807) is 7.11 Å². The van der Waals surface area contributed by atoms with Crippen LogP contribution in [0.1, 0.15) is 26.2 Å². The highest BCUT2D eigenvalue weighted by Gasteiger charge is 2.22. The van der Waals surface area contributed by atoms with E-state index in [9.17, 15) is 0 Å². The van der Waals surface area contributed by atoms with Gasteiger partial charge in [0.2, 0.25) is 0 Å². The van der Waals surface area contributed by atoms with Gasteiger partial charge in [0.1, 0.15) is 0 Å². The number of nitrogens with zero attached hydrogens (tertiary/aromatic N) is 1. The van der Waals surface area contributed by atoms with Crippen molar-refractivity contribution in [3.63, 3.8) is 0 Å². The Hall–Kier alpha value is -0.120. The summed E-state index contributed by atoms with van der Waals surface area (Å²) in [6, 6.07) is 0.671. The summed E-state index contributed by atoms with van der Waals surface area (Å²) in [4.78, 5) is 2.62. The van der Waals surface area contributed by atoms with E-state index < -0.39 is 0 Å². The van der Waals surface area contributed by atoms with Gasteiger partial charge in [-0.05, 0) is 52.2 Å². The zero-order chi connectivity index (χ0) is 11.1. The second kappa shape index (κ2) is 7.20. The van der Waals surface area contributed by atoms with E-state index in [2.05, 4.69) is 17.1 Å². The van der Waals surface area contributed by atoms with Gasteiger partial charge >= 0.3 is 0 Å². The maximum atomic E-state index is 5.14. The predicted molar refractivity (Wildman–Crippen MR) is 64.2 cm³/mol. The summed E-state index contributed by atoms with van der Waals surface area (Å²) in [5.41, 5.74) is 0. The van der Waals surface area contributed by atoms with Gasteiger partial charge in [0.05, 0.1) is 0 Å². The van der Waals surface area contributed by atoms with E-state index in [-0.39, 0.29) is 0 Å². The molecule has 0 amide bonds. The van der Waals surface area contributed by atoms with Crippen molar-refractivity contribution in [3.8, 4) is 0 Å². The molecule has 3 nitrogen and oxygen atoms in total. The lowest BCUT2D eigenvalue weighted by molar-refractivity contribution is 0.1000. The fraction of sp³-hybridized carbons (Fsp3) is 1.00. The molecule has 15 heavy (non-hydrogen) atoms.